The summed E-state index contributed by atoms with van der Waals surface area (Å²) in [5.41, 5.74) is 0.483. The molecule has 3 aromatic rings. The lowest BCUT2D eigenvalue weighted by molar-refractivity contribution is -0.119. The highest BCUT2D eigenvalue weighted by molar-refractivity contribution is 6.30. The van der Waals surface area contributed by atoms with Crippen LogP contribution in [0.4, 0.5) is 25.4 Å². The van der Waals surface area contributed by atoms with Gasteiger partial charge < -0.3 is 34.5 Å². The van der Waals surface area contributed by atoms with Crippen LogP contribution in [0.1, 0.15) is 6.42 Å². The minimum Gasteiger partial charge on any atom is -0.449 e. The summed E-state index contributed by atoms with van der Waals surface area (Å²) in [4.78, 5) is 41.7. The normalized spacial score (nSPS) is 17.0. The van der Waals surface area contributed by atoms with E-state index in [1.54, 1.807) is 24.3 Å². The van der Waals surface area contributed by atoms with Crippen molar-refractivity contribution >= 4 is 41.1 Å². The van der Waals surface area contributed by atoms with E-state index < -0.39 is 30.0 Å². The fraction of sp³-hybridized carbons (Fsp3) is 0.217. The molecule has 188 valence electrons. The summed E-state index contributed by atoms with van der Waals surface area (Å²) in [6.45, 7) is 0.160. The third-order valence-corrected chi connectivity index (χ3v) is 5.71. The zero-order valence-electron chi connectivity index (χ0n) is 18.7. The molecule has 0 spiro atoms. The molecule has 3 amide bonds. The molecule has 11 nitrogen and oxygen atoms in total. The molecular weight excluding hydrogens is 499 g/mol. The molecule has 2 aromatic carbocycles. The Morgan fingerprint density at radius 1 is 1.19 bits per heavy atom. The van der Waals surface area contributed by atoms with Gasteiger partial charge in [-0.2, -0.15) is 4.98 Å². The number of anilines is 2. The molecule has 1 saturated heterocycles. The molecule has 1 aromatic heterocycles. The van der Waals surface area contributed by atoms with Gasteiger partial charge in [-0.05, 0) is 42.5 Å². The van der Waals surface area contributed by atoms with Crippen LogP contribution in [0.15, 0.2) is 53.3 Å². The molecule has 2 atom stereocenters. The first-order valence-corrected chi connectivity index (χ1v) is 10.9. The predicted octanol–water partition coefficient (Wildman–Crippen LogP) is 4.45. The number of amides is 3. The second-order valence-electron chi connectivity index (χ2n) is 7.74. The van der Waals surface area contributed by atoms with Crippen LogP contribution in [0.5, 0.6) is 5.88 Å². The van der Waals surface area contributed by atoms with Crippen molar-refractivity contribution in [1.29, 1.82) is 0 Å². The molecule has 0 radical (unpaired) electrons. The molecule has 1 aliphatic heterocycles. The van der Waals surface area contributed by atoms with Gasteiger partial charge in [0, 0.05) is 36.3 Å². The van der Waals surface area contributed by atoms with Gasteiger partial charge in [0.25, 0.3) is 5.88 Å². The Morgan fingerprint density at radius 3 is 2.61 bits per heavy atom. The van der Waals surface area contributed by atoms with E-state index in [0.717, 1.165) is 12.5 Å². The Morgan fingerprint density at radius 2 is 1.94 bits per heavy atom. The smallest absolute Gasteiger partial charge is 0.449 e. The van der Waals surface area contributed by atoms with Gasteiger partial charge in [-0.1, -0.05) is 11.6 Å². The molecule has 36 heavy (non-hydrogen) atoms. The highest BCUT2D eigenvalue weighted by Gasteiger charge is 2.40. The summed E-state index contributed by atoms with van der Waals surface area (Å²) in [6.07, 6.45) is -0.825. The molecule has 1 aliphatic rings. The number of hydrogen-bond acceptors (Lipinski definition) is 7. The van der Waals surface area contributed by atoms with Crippen LogP contribution < -0.4 is 15.4 Å². The summed E-state index contributed by atoms with van der Waals surface area (Å²) < 4.78 is 29.8. The summed E-state index contributed by atoms with van der Waals surface area (Å²) >= 11 is 5.87. The number of ether oxygens (including phenoxy) is 2. The number of hydrogen-bond donors (Lipinski definition) is 3. The number of likely N-dealkylation sites (tertiary alicyclic amines) is 1. The monoisotopic (exact) mass is 518 g/mol. The quantitative estimate of drug-likeness (QED) is 0.406. The zero-order valence-corrected chi connectivity index (χ0v) is 19.5. The fourth-order valence-corrected chi connectivity index (χ4v) is 3.85. The van der Waals surface area contributed by atoms with Crippen LogP contribution in [0.25, 0.3) is 11.3 Å². The average molecular weight is 519 g/mol. The fourth-order valence-electron chi connectivity index (χ4n) is 3.73. The van der Waals surface area contributed by atoms with Crippen LogP contribution >= 0.6 is 11.6 Å². The van der Waals surface area contributed by atoms with Crippen molar-refractivity contribution in [2.75, 3.05) is 24.3 Å². The predicted molar refractivity (Wildman–Crippen MR) is 126 cm³/mol. The molecule has 0 bridgehead atoms. The summed E-state index contributed by atoms with van der Waals surface area (Å²) in [7, 11) is 1.48. The number of nitrogens with one attached hydrogen (secondary N) is 2. The van der Waals surface area contributed by atoms with Gasteiger partial charge in [0.2, 0.25) is 5.91 Å². The second kappa shape index (κ2) is 10.6. The number of carbonyl (C=O) groups is 3. The maximum absolute atomic E-state index is 14.8. The lowest BCUT2D eigenvalue weighted by Gasteiger charge is -2.24. The van der Waals surface area contributed by atoms with Crippen LogP contribution in [0, 0.1) is 5.82 Å². The number of carboxylic acid groups (broad SMARTS) is 1. The number of urea groups is 1. The molecule has 0 aliphatic carbocycles. The van der Waals surface area contributed by atoms with Gasteiger partial charge in [0.15, 0.2) is 12.2 Å². The number of methoxy groups -OCH3 is 1. The maximum atomic E-state index is 14.8. The van der Waals surface area contributed by atoms with Gasteiger partial charge in [0.1, 0.15) is 11.9 Å². The highest BCUT2D eigenvalue weighted by atomic mass is 35.5. The largest absolute Gasteiger partial charge is 0.512 e. The van der Waals surface area contributed by atoms with Crippen molar-refractivity contribution in [2.45, 2.75) is 18.6 Å². The molecule has 1 fully saturated rings. The third kappa shape index (κ3) is 5.56. The van der Waals surface area contributed by atoms with E-state index in [0.29, 0.717) is 10.7 Å². The second-order valence-corrected chi connectivity index (χ2v) is 8.17. The van der Waals surface area contributed by atoms with Crippen molar-refractivity contribution in [3.05, 3.63) is 59.7 Å². The Bertz CT molecular complexity index is 1280. The number of halogens is 2. The SMILES string of the molecule is CO[C@@H]1C[C@H](C(=O)Nc2ccc(-c3ocnc3OC(=O)O)cc2F)N(C(=O)Nc2ccc(Cl)cc2)C1. The Hall–Kier alpha value is -4.16. The molecule has 0 saturated carbocycles. The van der Waals surface area contributed by atoms with Crippen LogP contribution in [-0.2, 0) is 9.53 Å². The molecule has 13 heteroatoms. The summed E-state index contributed by atoms with van der Waals surface area (Å²) in [5.74, 6) is -1.88. The average Bonchev–Trinajstić information content (AvgIpc) is 3.48. The maximum Gasteiger partial charge on any atom is 0.512 e. The van der Waals surface area contributed by atoms with E-state index >= 15 is 0 Å². The lowest BCUT2D eigenvalue weighted by Crippen LogP contribution is -2.45. The molecule has 3 N–H and O–H groups in total. The Labute approximate surface area is 208 Å². The van der Waals surface area contributed by atoms with E-state index in [9.17, 15) is 18.8 Å². The van der Waals surface area contributed by atoms with Gasteiger partial charge in [-0.3, -0.25) is 4.79 Å². The van der Waals surface area contributed by atoms with Gasteiger partial charge in [0.05, 0.1) is 11.8 Å². The van der Waals surface area contributed by atoms with Crippen molar-refractivity contribution in [2.24, 2.45) is 0 Å². The van der Waals surface area contributed by atoms with Crippen molar-refractivity contribution in [1.82, 2.24) is 9.88 Å². The molecule has 4 rings (SSSR count). The minimum atomic E-state index is -1.61. The van der Waals surface area contributed by atoms with Crippen LogP contribution in [0.3, 0.4) is 0 Å². The van der Waals surface area contributed by atoms with Crippen LogP contribution in [-0.4, -0.2) is 58.9 Å². The van der Waals surface area contributed by atoms with E-state index in [2.05, 4.69) is 20.4 Å². The topological polar surface area (TPSA) is 143 Å². The van der Waals surface area contributed by atoms with E-state index in [-0.39, 0.29) is 42.0 Å². The molecule has 0 unspecified atom stereocenters. The van der Waals surface area contributed by atoms with Crippen molar-refractivity contribution < 1.29 is 37.8 Å². The Balaban J connectivity index is 1.48. The summed E-state index contributed by atoms with van der Waals surface area (Å²) in [5, 5.41) is 14.5. The Kier molecular flexibility index (Phi) is 7.36. The zero-order chi connectivity index (χ0) is 25.8. The minimum absolute atomic E-state index is 0.0991. The number of carbonyl (C=O) groups excluding carboxylic acids is 2. The van der Waals surface area contributed by atoms with E-state index in [4.69, 9.17) is 25.9 Å². The first-order valence-electron chi connectivity index (χ1n) is 10.6. The van der Waals surface area contributed by atoms with Gasteiger partial charge in [-0.15, -0.1) is 0 Å². The van der Waals surface area contributed by atoms with E-state index in [1.807, 2.05) is 0 Å². The lowest BCUT2D eigenvalue weighted by atomic mass is 10.1. The third-order valence-electron chi connectivity index (χ3n) is 5.46. The standard InChI is InChI=1S/C23H20ClFN4O7/c1-34-15-9-18(29(10-15)22(31)27-14-5-3-13(24)4-6-14)20(30)28-17-7-2-12(8-16(17)25)19-21(26-11-35-19)36-23(32)33/h2-8,11,15,18H,9-10H2,1H3,(H,27,31)(H,28,30)(H,32,33)/t15-,18-/m1/s1. The van der Waals surface area contributed by atoms with Gasteiger partial charge in [-0.25, -0.2) is 14.0 Å². The number of benzene rings is 2. The number of rotatable bonds is 6. The molecular formula is C23H20ClFN4O7. The highest BCUT2D eigenvalue weighted by Crippen LogP contribution is 2.32. The molecule has 2 heterocycles. The van der Waals surface area contributed by atoms with Gasteiger partial charge >= 0.3 is 12.2 Å². The summed E-state index contributed by atoms with van der Waals surface area (Å²) in [6, 6.07) is 8.73. The van der Waals surface area contributed by atoms with E-state index in [1.165, 1.54) is 24.1 Å². The number of oxazole rings is 1. The van der Waals surface area contributed by atoms with Crippen LogP contribution in [0.2, 0.25) is 5.02 Å². The van der Waals surface area contributed by atoms with Crippen molar-refractivity contribution in [3.63, 3.8) is 0 Å². The number of aromatic nitrogens is 1. The first-order chi connectivity index (χ1) is 17.2. The number of nitrogens with zero attached hydrogens (tertiary/aromatic N) is 2. The first kappa shape index (κ1) is 24.9. The van der Waals surface area contributed by atoms with Crippen molar-refractivity contribution in [3.8, 4) is 17.2 Å².